The summed E-state index contributed by atoms with van der Waals surface area (Å²) in [4.78, 5) is 38.3. The van der Waals surface area contributed by atoms with Crippen LogP contribution in [0.1, 0.15) is 50.4 Å². The van der Waals surface area contributed by atoms with Crippen LogP contribution in [0, 0.1) is 0 Å². The molecule has 0 saturated carbocycles. The Morgan fingerprint density at radius 2 is 1.48 bits per heavy atom. The van der Waals surface area contributed by atoms with Gasteiger partial charge in [0.2, 0.25) is 0 Å². The third kappa shape index (κ3) is 10.4. The van der Waals surface area contributed by atoms with E-state index in [4.69, 9.17) is 40.7 Å². The highest BCUT2D eigenvalue weighted by Gasteiger charge is 2.28. The molecule has 2 aliphatic rings. The number of anilines is 2. The molecule has 0 radical (unpaired) electrons. The second kappa shape index (κ2) is 20.5. The summed E-state index contributed by atoms with van der Waals surface area (Å²) in [7, 11) is 1.65. The molecule has 2 amide bonds. The molecule has 4 aromatic carbocycles. The standard InChI is InChI=1S/C48H50ClN7O6/c1-59-44-31-39-40(32-45(44)61-26-8-7-19-54-24-27-60-28-25-54)46(53-52-42(39)29-34-15-17-50-18-16-34)55-20-22-56(23-21-55)48(58)38-12-6-5-11-37(38)47(57)51-36-13-14-43(41(49)30-36)62-33-35-9-3-2-4-10-35/h2-6,9-18,30-32H,7-8,19-29,33H2,1H3,(H,51,57). The van der Waals surface area contributed by atoms with Crippen LogP contribution in [0.2, 0.25) is 5.02 Å². The maximum atomic E-state index is 14.1. The molecule has 6 aromatic rings. The molecular formula is C48H50ClN7O6. The van der Waals surface area contributed by atoms with E-state index in [0.717, 1.165) is 73.3 Å². The zero-order valence-corrected chi connectivity index (χ0v) is 35.6. The van der Waals surface area contributed by atoms with Crippen LogP contribution in [-0.2, 0) is 17.8 Å². The van der Waals surface area contributed by atoms with E-state index in [-0.39, 0.29) is 11.5 Å². The number of aromatic nitrogens is 3. The van der Waals surface area contributed by atoms with Gasteiger partial charge in [0.25, 0.3) is 11.8 Å². The minimum Gasteiger partial charge on any atom is -0.493 e. The van der Waals surface area contributed by atoms with Gasteiger partial charge in [-0.1, -0.05) is 54.1 Å². The highest BCUT2D eigenvalue weighted by atomic mass is 35.5. The van der Waals surface area contributed by atoms with E-state index in [2.05, 4.69) is 20.1 Å². The van der Waals surface area contributed by atoms with Crippen LogP contribution in [0.5, 0.6) is 17.2 Å². The molecule has 2 aromatic heterocycles. The summed E-state index contributed by atoms with van der Waals surface area (Å²) in [5, 5.41) is 14.6. The summed E-state index contributed by atoms with van der Waals surface area (Å²) in [6.45, 7) is 7.29. The third-order valence-electron chi connectivity index (χ3n) is 11.2. The highest BCUT2D eigenvalue weighted by molar-refractivity contribution is 6.32. The number of fused-ring (bicyclic) bond motifs is 1. The zero-order chi connectivity index (χ0) is 42.7. The number of nitrogens with one attached hydrogen (secondary N) is 1. The van der Waals surface area contributed by atoms with Crippen molar-refractivity contribution in [3.05, 3.63) is 142 Å². The molecule has 14 heteroatoms. The summed E-state index contributed by atoms with van der Waals surface area (Å²) in [5.41, 5.74) is 3.96. The molecule has 0 atom stereocenters. The average molecular weight is 856 g/mol. The van der Waals surface area contributed by atoms with E-state index in [0.29, 0.717) is 85.2 Å². The molecule has 320 valence electrons. The van der Waals surface area contributed by atoms with Crippen LogP contribution < -0.4 is 24.4 Å². The summed E-state index contributed by atoms with van der Waals surface area (Å²) in [5.74, 6) is 1.85. The number of ether oxygens (including phenoxy) is 4. The number of nitrogens with zero attached hydrogens (tertiary/aromatic N) is 6. The van der Waals surface area contributed by atoms with Crippen LogP contribution in [0.3, 0.4) is 0 Å². The van der Waals surface area contributed by atoms with Gasteiger partial charge in [0.05, 0.1) is 48.8 Å². The van der Waals surface area contributed by atoms with Crippen molar-refractivity contribution >= 4 is 45.7 Å². The smallest absolute Gasteiger partial charge is 0.256 e. The van der Waals surface area contributed by atoms with E-state index in [1.165, 1.54) is 0 Å². The SMILES string of the molecule is COc1cc2c(Cc3ccncc3)nnc(N3CCN(C(=O)c4ccccc4C(=O)Nc4ccc(OCc5ccccc5)c(Cl)c4)CC3)c2cc1OCCCCN1CCOCC1. The van der Waals surface area contributed by atoms with Gasteiger partial charge in [0, 0.05) is 74.5 Å². The topological polar surface area (TPSA) is 131 Å². The molecule has 0 aliphatic carbocycles. The number of halogens is 1. The van der Waals surface area contributed by atoms with Gasteiger partial charge in [-0.3, -0.25) is 19.5 Å². The van der Waals surface area contributed by atoms with Crippen molar-refractivity contribution in [3.63, 3.8) is 0 Å². The molecule has 0 spiro atoms. The number of carbonyl (C=O) groups is 2. The van der Waals surface area contributed by atoms with Crippen LogP contribution >= 0.6 is 11.6 Å². The molecule has 2 fully saturated rings. The van der Waals surface area contributed by atoms with Crippen LogP contribution in [0.15, 0.2) is 109 Å². The summed E-state index contributed by atoms with van der Waals surface area (Å²) >= 11 is 6.54. The fourth-order valence-corrected chi connectivity index (χ4v) is 8.00. The number of hydrogen-bond acceptors (Lipinski definition) is 11. The lowest BCUT2D eigenvalue weighted by atomic mass is 10.0. The van der Waals surface area contributed by atoms with Gasteiger partial charge in [0.1, 0.15) is 12.4 Å². The highest BCUT2D eigenvalue weighted by Crippen LogP contribution is 2.38. The van der Waals surface area contributed by atoms with Crippen LogP contribution in [-0.4, -0.2) is 110 Å². The molecule has 0 bridgehead atoms. The number of carbonyl (C=O) groups excluding carboxylic acids is 2. The van der Waals surface area contributed by atoms with Crippen molar-refractivity contribution in [1.29, 1.82) is 0 Å². The minimum absolute atomic E-state index is 0.226. The number of rotatable bonds is 16. The first-order chi connectivity index (χ1) is 30.4. The van der Waals surface area contributed by atoms with Gasteiger partial charge in [0.15, 0.2) is 17.3 Å². The van der Waals surface area contributed by atoms with E-state index in [1.807, 2.05) is 54.6 Å². The van der Waals surface area contributed by atoms with Crippen molar-refractivity contribution < 1.29 is 28.5 Å². The Kier molecular flexibility index (Phi) is 14.0. The number of unbranched alkanes of at least 4 members (excludes halogenated alkanes) is 1. The van der Waals surface area contributed by atoms with Crippen molar-refractivity contribution in [2.45, 2.75) is 25.9 Å². The van der Waals surface area contributed by atoms with Gasteiger partial charge >= 0.3 is 0 Å². The normalized spacial score (nSPS) is 14.4. The molecule has 8 rings (SSSR count). The molecule has 13 nitrogen and oxygen atoms in total. The van der Waals surface area contributed by atoms with E-state index < -0.39 is 5.91 Å². The van der Waals surface area contributed by atoms with Gasteiger partial charge in [-0.25, -0.2) is 0 Å². The van der Waals surface area contributed by atoms with E-state index in [1.54, 1.807) is 66.9 Å². The van der Waals surface area contributed by atoms with Gasteiger partial charge in [-0.15, -0.1) is 5.10 Å². The van der Waals surface area contributed by atoms with Crippen molar-refractivity contribution in [1.82, 2.24) is 25.0 Å². The lowest BCUT2D eigenvalue weighted by Gasteiger charge is -2.36. The first-order valence-corrected chi connectivity index (χ1v) is 21.4. The number of hydrogen-bond donors (Lipinski definition) is 1. The van der Waals surface area contributed by atoms with Gasteiger partial charge in [-0.2, -0.15) is 5.10 Å². The summed E-state index contributed by atoms with van der Waals surface area (Å²) < 4.78 is 23.6. The lowest BCUT2D eigenvalue weighted by Crippen LogP contribution is -2.49. The van der Waals surface area contributed by atoms with Crippen molar-refractivity contribution in [2.75, 3.05) is 83.0 Å². The number of amides is 2. The monoisotopic (exact) mass is 855 g/mol. The Bertz CT molecular complexity index is 2460. The van der Waals surface area contributed by atoms with Crippen LogP contribution in [0.25, 0.3) is 10.8 Å². The van der Waals surface area contributed by atoms with Gasteiger partial charge < -0.3 is 34.1 Å². The molecule has 62 heavy (non-hydrogen) atoms. The maximum absolute atomic E-state index is 14.1. The molecule has 2 saturated heterocycles. The summed E-state index contributed by atoms with van der Waals surface area (Å²) in [6.07, 6.45) is 6.04. The zero-order valence-electron chi connectivity index (χ0n) is 34.8. The number of benzene rings is 4. The fraction of sp³-hybridized carbons (Fsp3) is 0.312. The van der Waals surface area contributed by atoms with Crippen molar-refractivity contribution in [3.8, 4) is 17.2 Å². The Hall–Kier alpha value is -6.28. The quantitative estimate of drug-likeness (QED) is 0.0968. The third-order valence-corrected chi connectivity index (χ3v) is 11.5. The largest absolute Gasteiger partial charge is 0.493 e. The summed E-state index contributed by atoms with van der Waals surface area (Å²) in [6, 6.07) is 29.7. The Balaban J connectivity index is 0.951. The number of pyridine rings is 1. The minimum atomic E-state index is -0.416. The maximum Gasteiger partial charge on any atom is 0.256 e. The second-order valence-corrected chi connectivity index (χ2v) is 15.7. The predicted octanol–water partition coefficient (Wildman–Crippen LogP) is 7.56. The first-order valence-electron chi connectivity index (χ1n) is 21.0. The van der Waals surface area contributed by atoms with E-state index >= 15 is 0 Å². The molecule has 1 N–H and O–H groups in total. The van der Waals surface area contributed by atoms with Crippen LogP contribution in [0.4, 0.5) is 11.5 Å². The Labute approximate surface area is 366 Å². The first kappa shape index (κ1) is 42.4. The number of methoxy groups -OCH3 is 1. The van der Waals surface area contributed by atoms with Crippen molar-refractivity contribution in [2.24, 2.45) is 0 Å². The molecule has 2 aliphatic heterocycles. The molecule has 4 heterocycles. The fourth-order valence-electron chi connectivity index (χ4n) is 7.76. The second-order valence-electron chi connectivity index (χ2n) is 15.3. The molecule has 0 unspecified atom stereocenters. The average Bonchev–Trinajstić information content (AvgIpc) is 3.32. The predicted molar refractivity (Wildman–Crippen MR) is 240 cm³/mol. The number of piperazine rings is 1. The van der Waals surface area contributed by atoms with E-state index in [9.17, 15) is 9.59 Å². The van der Waals surface area contributed by atoms with Gasteiger partial charge in [-0.05, 0) is 85.1 Å². The Morgan fingerprint density at radius 1 is 0.742 bits per heavy atom. The Morgan fingerprint density at radius 3 is 2.24 bits per heavy atom. The molecular weight excluding hydrogens is 806 g/mol. The number of morpholine rings is 1. The lowest BCUT2D eigenvalue weighted by molar-refractivity contribution is 0.0368.